The second-order valence-corrected chi connectivity index (χ2v) is 5.67. The average Bonchev–Trinajstić information content (AvgIpc) is 2.74. The summed E-state index contributed by atoms with van der Waals surface area (Å²) in [6.07, 6.45) is 5.42. The normalized spacial score (nSPS) is 26.0. The van der Waals surface area contributed by atoms with Crippen LogP contribution in [0, 0.1) is 11.8 Å². The summed E-state index contributed by atoms with van der Waals surface area (Å²) in [4.78, 5) is 0. The van der Waals surface area contributed by atoms with Crippen LogP contribution in [0.25, 0.3) is 0 Å². The molecular formula is C16H25N. The van der Waals surface area contributed by atoms with Crippen molar-refractivity contribution in [1.29, 1.82) is 0 Å². The maximum Gasteiger partial charge on any atom is 0.00792 e. The fraction of sp³-hybridized carbons (Fsp3) is 0.625. The molecule has 0 amide bonds. The Labute approximate surface area is 106 Å². The molecule has 0 spiro atoms. The third-order valence-electron chi connectivity index (χ3n) is 4.15. The molecule has 1 heteroatoms. The minimum Gasteiger partial charge on any atom is -0.314 e. The van der Waals surface area contributed by atoms with Crippen molar-refractivity contribution >= 4 is 0 Å². The molecule has 1 aromatic rings. The lowest BCUT2D eigenvalue weighted by Gasteiger charge is -2.20. The van der Waals surface area contributed by atoms with Crippen LogP contribution in [-0.2, 0) is 6.42 Å². The van der Waals surface area contributed by atoms with Crippen LogP contribution in [0.3, 0.4) is 0 Å². The molecule has 1 aliphatic rings. The molecular weight excluding hydrogens is 206 g/mol. The van der Waals surface area contributed by atoms with Crippen molar-refractivity contribution in [1.82, 2.24) is 5.32 Å². The van der Waals surface area contributed by atoms with E-state index in [2.05, 4.69) is 49.5 Å². The van der Waals surface area contributed by atoms with E-state index in [1.807, 2.05) is 0 Å². The van der Waals surface area contributed by atoms with Gasteiger partial charge in [-0.3, -0.25) is 0 Å². The molecule has 0 bridgehead atoms. The van der Waals surface area contributed by atoms with E-state index in [0.29, 0.717) is 6.04 Å². The maximum atomic E-state index is 3.70. The summed E-state index contributed by atoms with van der Waals surface area (Å²) >= 11 is 0. The van der Waals surface area contributed by atoms with Crippen molar-refractivity contribution in [3.63, 3.8) is 0 Å². The van der Waals surface area contributed by atoms with E-state index in [9.17, 15) is 0 Å². The summed E-state index contributed by atoms with van der Waals surface area (Å²) in [7, 11) is 0. The molecule has 0 radical (unpaired) electrons. The second-order valence-electron chi connectivity index (χ2n) is 5.67. The van der Waals surface area contributed by atoms with Crippen molar-refractivity contribution in [2.24, 2.45) is 11.8 Å². The van der Waals surface area contributed by atoms with Gasteiger partial charge in [-0.05, 0) is 43.7 Å². The first-order valence-corrected chi connectivity index (χ1v) is 7.03. The highest BCUT2D eigenvalue weighted by atomic mass is 14.9. The largest absolute Gasteiger partial charge is 0.314 e. The highest BCUT2D eigenvalue weighted by Crippen LogP contribution is 2.30. The van der Waals surface area contributed by atoms with Gasteiger partial charge in [-0.1, -0.05) is 50.1 Å². The van der Waals surface area contributed by atoms with Crippen molar-refractivity contribution < 1.29 is 0 Å². The molecule has 0 aromatic heterocycles. The third kappa shape index (κ3) is 3.85. The van der Waals surface area contributed by atoms with Crippen LogP contribution in [0.4, 0.5) is 0 Å². The first-order valence-electron chi connectivity index (χ1n) is 7.03. The van der Waals surface area contributed by atoms with E-state index in [0.717, 1.165) is 18.3 Å². The topological polar surface area (TPSA) is 12.0 Å². The summed E-state index contributed by atoms with van der Waals surface area (Å²) < 4.78 is 0. The van der Waals surface area contributed by atoms with Crippen LogP contribution in [0.5, 0.6) is 0 Å². The molecule has 1 saturated carbocycles. The molecule has 1 aromatic carbocycles. The van der Waals surface area contributed by atoms with Crippen LogP contribution in [0.2, 0.25) is 0 Å². The Kier molecular flexibility index (Phi) is 4.61. The number of hydrogen-bond acceptors (Lipinski definition) is 1. The van der Waals surface area contributed by atoms with Crippen molar-refractivity contribution in [3.05, 3.63) is 35.9 Å². The van der Waals surface area contributed by atoms with Crippen LogP contribution < -0.4 is 5.32 Å². The predicted molar refractivity (Wildman–Crippen MR) is 74.1 cm³/mol. The highest BCUT2D eigenvalue weighted by Gasteiger charge is 2.23. The fourth-order valence-corrected chi connectivity index (χ4v) is 2.92. The van der Waals surface area contributed by atoms with E-state index in [-0.39, 0.29) is 0 Å². The quantitative estimate of drug-likeness (QED) is 0.815. The molecule has 3 unspecified atom stereocenters. The smallest absolute Gasteiger partial charge is 0.00792 e. The fourth-order valence-electron chi connectivity index (χ4n) is 2.92. The molecule has 94 valence electrons. The summed E-state index contributed by atoms with van der Waals surface area (Å²) in [5, 5.41) is 3.70. The molecule has 1 fully saturated rings. The Morgan fingerprint density at radius 1 is 1.24 bits per heavy atom. The van der Waals surface area contributed by atoms with Gasteiger partial charge in [0.05, 0.1) is 0 Å². The first-order chi connectivity index (χ1) is 8.25. The van der Waals surface area contributed by atoms with Crippen LogP contribution in [0.15, 0.2) is 30.3 Å². The zero-order chi connectivity index (χ0) is 12.1. The van der Waals surface area contributed by atoms with Gasteiger partial charge in [0.1, 0.15) is 0 Å². The summed E-state index contributed by atoms with van der Waals surface area (Å²) in [6, 6.07) is 11.4. The van der Waals surface area contributed by atoms with Gasteiger partial charge in [-0.15, -0.1) is 0 Å². The summed E-state index contributed by atoms with van der Waals surface area (Å²) in [6.45, 7) is 5.91. The predicted octanol–water partition coefficient (Wildman–Crippen LogP) is 3.64. The lowest BCUT2D eigenvalue weighted by Crippen LogP contribution is -2.33. The summed E-state index contributed by atoms with van der Waals surface area (Å²) in [5.41, 5.74) is 1.44. The molecule has 17 heavy (non-hydrogen) atoms. The van der Waals surface area contributed by atoms with Crippen molar-refractivity contribution in [2.75, 3.05) is 6.54 Å². The van der Waals surface area contributed by atoms with Gasteiger partial charge >= 0.3 is 0 Å². The lowest BCUT2D eigenvalue weighted by atomic mass is 9.97. The minimum absolute atomic E-state index is 0.588. The van der Waals surface area contributed by atoms with Gasteiger partial charge in [0.2, 0.25) is 0 Å². The van der Waals surface area contributed by atoms with E-state index in [1.165, 1.54) is 31.4 Å². The number of benzene rings is 1. The highest BCUT2D eigenvalue weighted by molar-refractivity contribution is 5.15. The van der Waals surface area contributed by atoms with E-state index in [1.54, 1.807) is 0 Å². The molecule has 0 saturated heterocycles. The van der Waals surface area contributed by atoms with Crippen molar-refractivity contribution in [3.8, 4) is 0 Å². The number of hydrogen-bond donors (Lipinski definition) is 1. The average molecular weight is 231 g/mol. The molecule has 3 atom stereocenters. The Balaban J connectivity index is 1.72. The van der Waals surface area contributed by atoms with Gasteiger partial charge in [0.25, 0.3) is 0 Å². The van der Waals surface area contributed by atoms with Gasteiger partial charge in [0.15, 0.2) is 0 Å². The Hall–Kier alpha value is -0.820. The van der Waals surface area contributed by atoms with E-state index < -0.39 is 0 Å². The molecule has 0 aliphatic heterocycles. The Morgan fingerprint density at radius 2 is 2.00 bits per heavy atom. The van der Waals surface area contributed by atoms with Crippen LogP contribution in [-0.4, -0.2) is 12.6 Å². The van der Waals surface area contributed by atoms with Gasteiger partial charge in [-0.25, -0.2) is 0 Å². The zero-order valence-corrected chi connectivity index (χ0v) is 11.2. The minimum atomic E-state index is 0.588. The third-order valence-corrected chi connectivity index (χ3v) is 4.15. The maximum absolute atomic E-state index is 3.70. The summed E-state index contributed by atoms with van der Waals surface area (Å²) in [5.74, 6) is 1.83. The Bertz CT molecular complexity index is 320. The monoisotopic (exact) mass is 231 g/mol. The van der Waals surface area contributed by atoms with Crippen LogP contribution in [0.1, 0.15) is 38.7 Å². The number of rotatable bonds is 5. The SMILES string of the molecule is CC(Cc1ccccc1)NCC1CCCC1C. The molecule has 1 nitrogen and oxygen atoms in total. The molecule has 1 N–H and O–H groups in total. The molecule has 1 aliphatic carbocycles. The zero-order valence-electron chi connectivity index (χ0n) is 11.2. The van der Waals surface area contributed by atoms with E-state index in [4.69, 9.17) is 0 Å². The Morgan fingerprint density at radius 3 is 2.65 bits per heavy atom. The second kappa shape index (κ2) is 6.20. The van der Waals surface area contributed by atoms with Crippen LogP contribution >= 0.6 is 0 Å². The van der Waals surface area contributed by atoms with Crippen molar-refractivity contribution in [2.45, 2.75) is 45.6 Å². The molecule has 0 heterocycles. The van der Waals surface area contributed by atoms with Gasteiger partial charge in [0, 0.05) is 6.04 Å². The number of nitrogens with one attached hydrogen (secondary N) is 1. The standard InChI is InChI=1S/C16H25N/c1-13-7-6-10-16(13)12-17-14(2)11-15-8-4-3-5-9-15/h3-5,8-9,13-14,16-17H,6-7,10-12H2,1-2H3. The van der Waals surface area contributed by atoms with E-state index >= 15 is 0 Å². The first kappa shape index (κ1) is 12.6. The van der Waals surface area contributed by atoms with Gasteiger partial charge in [-0.2, -0.15) is 0 Å². The van der Waals surface area contributed by atoms with Gasteiger partial charge < -0.3 is 5.32 Å². The molecule has 2 rings (SSSR count). The lowest BCUT2D eigenvalue weighted by molar-refractivity contribution is 0.371.